The van der Waals surface area contributed by atoms with Gasteiger partial charge in [0.1, 0.15) is 0 Å². The van der Waals surface area contributed by atoms with Crippen molar-refractivity contribution in [1.29, 1.82) is 0 Å². The number of ether oxygens (including phenoxy) is 1. The van der Waals surface area contributed by atoms with E-state index in [1.54, 1.807) is 20.2 Å². The lowest BCUT2D eigenvalue weighted by molar-refractivity contribution is 0.102. The van der Waals surface area contributed by atoms with Gasteiger partial charge in [0.15, 0.2) is 0 Å². The van der Waals surface area contributed by atoms with Crippen molar-refractivity contribution in [1.82, 2.24) is 0 Å². The molecule has 0 spiro atoms. The fourth-order valence-corrected chi connectivity index (χ4v) is 2.00. The molecule has 0 aliphatic heterocycles. The summed E-state index contributed by atoms with van der Waals surface area (Å²) in [7, 11) is 3.44. The number of methoxy groups -OCH3 is 1. The minimum atomic E-state index is -0.135. The summed E-state index contributed by atoms with van der Waals surface area (Å²) >= 11 is 0. The molecule has 2 aromatic rings. The molecular weight excluding hydrogens is 252 g/mol. The van der Waals surface area contributed by atoms with Crippen LogP contribution in [0.3, 0.4) is 0 Å². The fraction of sp³-hybridized carbons (Fsp3) is 0.188. The largest absolute Gasteiger partial charge is 0.387 e. The van der Waals surface area contributed by atoms with Gasteiger partial charge in [-0.2, -0.15) is 0 Å². The average molecular weight is 270 g/mol. The van der Waals surface area contributed by atoms with Crippen LogP contribution in [0.1, 0.15) is 15.9 Å². The van der Waals surface area contributed by atoms with Gasteiger partial charge in [-0.15, -0.1) is 0 Å². The van der Waals surface area contributed by atoms with Crippen LogP contribution >= 0.6 is 0 Å². The van der Waals surface area contributed by atoms with E-state index in [0.717, 1.165) is 16.9 Å². The van der Waals surface area contributed by atoms with Crippen molar-refractivity contribution < 1.29 is 9.53 Å². The number of carbonyl (C=O) groups excluding carboxylic acids is 1. The van der Waals surface area contributed by atoms with Crippen LogP contribution < -0.4 is 10.6 Å². The predicted molar refractivity (Wildman–Crippen MR) is 81.1 cm³/mol. The highest BCUT2D eigenvalue weighted by molar-refractivity contribution is 6.08. The SMILES string of the molecule is CNc1ccccc1C(=O)Nc1cccc(COC)c1. The molecule has 2 rings (SSSR count). The highest BCUT2D eigenvalue weighted by Crippen LogP contribution is 2.17. The summed E-state index contributed by atoms with van der Waals surface area (Å²) in [5.41, 5.74) is 3.20. The van der Waals surface area contributed by atoms with Gasteiger partial charge in [-0.1, -0.05) is 24.3 Å². The van der Waals surface area contributed by atoms with Crippen LogP contribution in [0.15, 0.2) is 48.5 Å². The minimum absolute atomic E-state index is 0.135. The Bertz CT molecular complexity index is 597. The van der Waals surface area contributed by atoms with Gasteiger partial charge < -0.3 is 15.4 Å². The van der Waals surface area contributed by atoms with Gasteiger partial charge in [0.2, 0.25) is 0 Å². The van der Waals surface area contributed by atoms with Crippen LogP contribution in [0.5, 0.6) is 0 Å². The van der Waals surface area contributed by atoms with Crippen LogP contribution in [-0.2, 0) is 11.3 Å². The van der Waals surface area contributed by atoms with E-state index < -0.39 is 0 Å². The molecular formula is C16H18N2O2. The molecule has 1 amide bonds. The third-order valence-electron chi connectivity index (χ3n) is 2.94. The van der Waals surface area contributed by atoms with E-state index >= 15 is 0 Å². The van der Waals surface area contributed by atoms with Crippen molar-refractivity contribution in [2.45, 2.75) is 6.61 Å². The maximum absolute atomic E-state index is 12.3. The highest BCUT2D eigenvalue weighted by atomic mass is 16.5. The second kappa shape index (κ2) is 6.73. The van der Waals surface area contributed by atoms with Gasteiger partial charge in [0.05, 0.1) is 12.2 Å². The monoisotopic (exact) mass is 270 g/mol. The highest BCUT2D eigenvalue weighted by Gasteiger charge is 2.10. The van der Waals surface area contributed by atoms with Crippen molar-refractivity contribution in [3.05, 3.63) is 59.7 Å². The van der Waals surface area contributed by atoms with E-state index in [-0.39, 0.29) is 5.91 Å². The first-order valence-corrected chi connectivity index (χ1v) is 6.40. The first-order valence-electron chi connectivity index (χ1n) is 6.40. The lowest BCUT2D eigenvalue weighted by atomic mass is 10.1. The molecule has 2 N–H and O–H groups in total. The summed E-state index contributed by atoms with van der Waals surface area (Å²) < 4.78 is 5.09. The topological polar surface area (TPSA) is 50.4 Å². The number of amides is 1. The van der Waals surface area contributed by atoms with Crippen LogP contribution in [0, 0.1) is 0 Å². The van der Waals surface area contributed by atoms with Gasteiger partial charge in [-0.25, -0.2) is 0 Å². The van der Waals surface area contributed by atoms with Gasteiger partial charge in [0.25, 0.3) is 5.91 Å². The number of para-hydroxylation sites is 1. The number of nitrogens with one attached hydrogen (secondary N) is 2. The molecule has 0 saturated carbocycles. The van der Waals surface area contributed by atoms with E-state index in [9.17, 15) is 4.79 Å². The Kier molecular flexibility index (Phi) is 4.74. The lowest BCUT2D eigenvalue weighted by Crippen LogP contribution is -2.14. The summed E-state index contributed by atoms with van der Waals surface area (Å²) in [6.45, 7) is 0.525. The average Bonchev–Trinajstić information content (AvgIpc) is 2.48. The summed E-state index contributed by atoms with van der Waals surface area (Å²) in [5, 5.41) is 5.91. The molecule has 0 aromatic heterocycles. The van der Waals surface area contributed by atoms with Crippen molar-refractivity contribution in [2.24, 2.45) is 0 Å². The molecule has 0 bridgehead atoms. The Morgan fingerprint density at radius 2 is 1.95 bits per heavy atom. The molecule has 0 unspecified atom stereocenters. The normalized spacial score (nSPS) is 10.1. The van der Waals surface area contributed by atoms with E-state index in [1.165, 1.54) is 0 Å². The molecule has 20 heavy (non-hydrogen) atoms. The molecule has 0 radical (unpaired) electrons. The number of hydrogen-bond acceptors (Lipinski definition) is 3. The van der Waals surface area contributed by atoms with Crippen LogP contribution in [0.25, 0.3) is 0 Å². The zero-order valence-electron chi connectivity index (χ0n) is 11.6. The molecule has 4 heteroatoms. The molecule has 4 nitrogen and oxygen atoms in total. The summed E-state index contributed by atoms with van der Waals surface area (Å²) in [6.07, 6.45) is 0. The zero-order valence-corrected chi connectivity index (χ0v) is 11.6. The van der Waals surface area contributed by atoms with E-state index in [1.807, 2.05) is 42.5 Å². The van der Waals surface area contributed by atoms with Crippen molar-refractivity contribution in [3.63, 3.8) is 0 Å². The second-order valence-electron chi connectivity index (χ2n) is 4.38. The fourth-order valence-electron chi connectivity index (χ4n) is 2.00. The molecule has 0 saturated heterocycles. The third kappa shape index (κ3) is 3.36. The maximum atomic E-state index is 12.3. The number of anilines is 2. The van der Waals surface area contributed by atoms with Gasteiger partial charge in [-0.05, 0) is 29.8 Å². The summed E-state index contributed by atoms with van der Waals surface area (Å²) in [5.74, 6) is -0.135. The Morgan fingerprint density at radius 1 is 1.15 bits per heavy atom. The molecule has 2 aromatic carbocycles. The van der Waals surface area contributed by atoms with Gasteiger partial charge >= 0.3 is 0 Å². The van der Waals surface area contributed by atoms with Gasteiger partial charge in [-0.3, -0.25) is 4.79 Å². The number of carbonyl (C=O) groups is 1. The quantitative estimate of drug-likeness (QED) is 0.877. The van der Waals surface area contributed by atoms with Crippen molar-refractivity contribution >= 4 is 17.3 Å². The standard InChI is InChI=1S/C16H18N2O2/c1-17-15-9-4-3-8-14(15)16(19)18-13-7-5-6-12(10-13)11-20-2/h3-10,17H,11H2,1-2H3,(H,18,19). The van der Waals surface area contributed by atoms with Crippen molar-refractivity contribution in [3.8, 4) is 0 Å². The van der Waals surface area contributed by atoms with E-state index in [4.69, 9.17) is 4.74 Å². The molecule has 0 aliphatic carbocycles. The lowest BCUT2D eigenvalue weighted by Gasteiger charge is -2.10. The number of rotatable bonds is 5. The molecule has 0 atom stereocenters. The van der Waals surface area contributed by atoms with E-state index in [0.29, 0.717) is 12.2 Å². The molecule has 0 fully saturated rings. The van der Waals surface area contributed by atoms with Crippen LogP contribution in [0.2, 0.25) is 0 Å². The van der Waals surface area contributed by atoms with Gasteiger partial charge in [0, 0.05) is 25.5 Å². The molecule has 0 aliphatic rings. The Hall–Kier alpha value is -2.33. The number of benzene rings is 2. The van der Waals surface area contributed by atoms with Crippen LogP contribution in [-0.4, -0.2) is 20.1 Å². The summed E-state index contributed by atoms with van der Waals surface area (Å²) in [4.78, 5) is 12.3. The summed E-state index contributed by atoms with van der Waals surface area (Å²) in [6, 6.07) is 15.0. The van der Waals surface area contributed by atoms with Crippen LogP contribution in [0.4, 0.5) is 11.4 Å². The molecule has 0 heterocycles. The number of hydrogen-bond donors (Lipinski definition) is 2. The maximum Gasteiger partial charge on any atom is 0.257 e. The Balaban J connectivity index is 2.17. The second-order valence-corrected chi connectivity index (χ2v) is 4.38. The van der Waals surface area contributed by atoms with E-state index in [2.05, 4.69) is 10.6 Å². The zero-order chi connectivity index (χ0) is 14.4. The Morgan fingerprint density at radius 3 is 2.70 bits per heavy atom. The first-order chi connectivity index (χ1) is 9.74. The smallest absolute Gasteiger partial charge is 0.257 e. The predicted octanol–water partition coefficient (Wildman–Crippen LogP) is 3.13. The Labute approximate surface area is 118 Å². The first kappa shape index (κ1) is 14.1. The molecule has 104 valence electrons. The third-order valence-corrected chi connectivity index (χ3v) is 2.94. The van der Waals surface area contributed by atoms with Crippen molar-refractivity contribution in [2.75, 3.05) is 24.8 Å². The minimum Gasteiger partial charge on any atom is -0.387 e.